The molecular weight excluding hydrogens is 494 g/mol. The van der Waals surface area contributed by atoms with E-state index in [4.69, 9.17) is 16.9 Å². The molecule has 2 aromatic heterocycles. The number of benzene rings is 1. The first-order valence-electron chi connectivity index (χ1n) is 10.4. The number of hydrogen-bond donors (Lipinski definition) is 2. The van der Waals surface area contributed by atoms with E-state index >= 15 is 0 Å². The average molecular weight is 514 g/mol. The quantitative estimate of drug-likeness (QED) is 0.485. The van der Waals surface area contributed by atoms with Gasteiger partial charge in [-0.05, 0) is 50.1 Å². The Morgan fingerprint density at radius 1 is 1.17 bits per heavy atom. The zero-order chi connectivity index (χ0) is 25.4. The number of aromatic nitrogens is 4. The van der Waals surface area contributed by atoms with Crippen LogP contribution in [0.5, 0.6) is 0 Å². The number of hydrogen-bond acceptors (Lipinski definition) is 8. The summed E-state index contributed by atoms with van der Waals surface area (Å²) in [6, 6.07) is 8.48. The third-order valence-electron chi connectivity index (χ3n) is 5.41. The van der Waals surface area contributed by atoms with Crippen LogP contribution in [0.15, 0.2) is 47.8 Å². The second-order valence-corrected chi connectivity index (χ2v) is 10.7. The van der Waals surface area contributed by atoms with Gasteiger partial charge in [-0.2, -0.15) is 15.0 Å². The van der Waals surface area contributed by atoms with Crippen LogP contribution < -0.4 is 10.6 Å². The molecule has 2 amide bonds. The average Bonchev–Trinajstić information content (AvgIpc) is 3.41. The molecule has 2 N–H and O–H groups in total. The summed E-state index contributed by atoms with van der Waals surface area (Å²) < 4.78 is 25.1. The topological polar surface area (TPSA) is 160 Å². The normalized spacial score (nSPS) is 15.0. The lowest BCUT2D eigenvalue weighted by atomic mass is 10.2. The van der Waals surface area contributed by atoms with Crippen molar-refractivity contribution >= 4 is 33.3 Å². The van der Waals surface area contributed by atoms with Gasteiger partial charge in [0.1, 0.15) is 11.9 Å². The van der Waals surface area contributed by atoms with Gasteiger partial charge in [0, 0.05) is 23.0 Å². The summed E-state index contributed by atoms with van der Waals surface area (Å²) in [5.74, 6) is -0.225. The highest BCUT2D eigenvalue weighted by atomic mass is 35.5. The lowest BCUT2D eigenvalue weighted by molar-refractivity contribution is 0.0930. The van der Waals surface area contributed by atoms with E-state index < -0.39 is 33.2 Å². The van der Waals surface area contributed by atoms with Crippen LogP contribution >= 0.6 is 11.6 Å². The standard InChI is InChI=1S/C22H20ClN7O4S/c1-13(28-20(31)15-7-16(23)9-17(8-15)35(2,33)34)19-26-12-27-30(19)18-4-3-14(10-25-18)21(32)29-22(11-24)5-6-22/h3-4,7-10,12-13H,5-6H2,1-2H3,(H,28,31)(H,29,32)/t13-/m1/s1. The Morgan fingerprint density at radius 2 is 1.91 bits per heavy atom. The maximum absolute atomic E-state index is 12.8. The second kappa shape index (κ2) is 9.09. The van der Waals surface area contributed by atoms with Gasteiger partial charge in [0.2, 0.25) is 0 Å². The molecule has 1 aliphatic rings. The maximum Gasteiger partial charge on any atom is 0.254 e. The van der Waals surface area contributed by atoms with Crippen LogP contribution in [0.3, 0.4) is 0 Å². The van der Waals surface area contributed by atoms with Crippen molar-refractivity contribution in [3.05, 3.63) is 64.8 Å². The summed E-state index contributed by atoms with van der Waals surface area (Å²) >= 11 is 6.00. The van der Waals surface area contributed by atoms with Crippen molar-refractivity contribution in [1.29, 1.82) is 5.26 Å². The molecule has 1 aromatic carbocycles. The monoisotopic (exact) mass is 513 g/mol. The highest BCUT2D eigenvalue weighted by molar-refractivity contribution is 7.90. The Labute approximate surface area is 206 Å². The van der Waals surface area contributed by atoms with Crippen LogP contribution in [-0.2, 0) is 9.84 Å². The number of carbonyl (C=O) groups is 2. The Morgan fingerprint density at radius 3 is 2.51 bits per heavy atom. The minimum atomic E-state index is -3.56. The van der Waals surface area contributed by atoms with Crippen LogP contribution in [0.25, 0.3) is 5.82 Å². The Hall–Kier alpha value is -3.82. The number of sulfone groups is 1. The van der Waals surface area contributed by atoms with Crippen molar-refractivity contribution < 1.29 is 18.0 Å². The minimum absolute atomic E-state index is 0.0679. The molecule has 35 heavy (non-hydrogen) atoms. The van der Waals surface area contributed by atoms with Crippen molar-refractivity contribution in [2.75, 3.05) is 6.26 Å². The van der Waals surface area contributed by atoms with Crippen molar-refractivity contribution in [3.63, 3.8) is 0 Å². The molecule has 1 aliphatic carbocycles. The first-order valence-corrected chi connectivity index (χ1v) is 12.7. The maximum atomic E-state index is 12.8. The number of rotatable bonds is 7. The van der Waals surface area contributed by atoms with Crippen LogP contribution in [0.1, 0.15) is 52.3 Å². The van der Waals surface area contributed by atoms with Gasteiger partial charge in [0.05, 0.1) is 22.6 Å². The van der Waals surface area contributed by atoms with Gasteiger partial charge in [-0.3, -0.25) is 9.59 Å². The van der Waals surface area contributed by atoms with E-state index in [0.29, 0.717) is 30.0 Å². The predicted molar refractivity (Wildman–Crippen MR) is 125 cm³/mol. The first-order chi connectivity index (χ1) is 16.5. The highest BCUT2D eigenvalue weighted by Gasteiger charge is 2.44. The molecule has 2 heterocycles. The first kappa shape index (κ1) is 24.3. The summed E-state index contributed by atoms with van der Waals surface area (Å²) in [7, 11) is -3.56. The number of carbonyl (C=O) groups excluding carboxylic acids is 2. The van der Waals surface area contributed by atoms with Gasteiger partial charge >= 0.3 is 0 Å². The van der Waals surface area contributed by atoms with Gasteiger partial charge in [-0.1, -0.05) is 11.6 Å². The zero-order valence-corrected chi connectivity index (χ0v) is 20.3. The van der Waals surface area contributed by atoms with E-state index in [9.17, 15) is 18.0 Å². The molecule has 4 rings (SSSR count). The molecule has 3 aromatic rings. The van der Waals surface area contributed by atoms with Crippen LogP contribution in [0, 0.1) is 11.3 Å². The molecule has 0 unspecified atom stereocenters. The number of amides is 2. The Kier molecular flexibility index (Phi) is 6.31. The van der Waals surface area contributed by atoms with Crippen molar-refractivity contribution in [1.82, 2.24) is 30.4 Å². The van der Waals surface area contributed by atoms with E-state index in [-0.39, 0.29) is 15.5 Å². The van der Waals surface area contributed by atoms with Gasteiger partial charge in [-0.25, -0.2) is 18.4 Å². The van der Waals surface area contributed by atoms with E-state index in [1.807, 2.05) is 0 Å². The number of halogens is 1. The molecule has 0 aliphatic heterocycles. The summed E-state index contributed by atoms with van der Waals surface area (Å²) in [5, 5.41) is 18.9. The molecule has 13 heteroatoms. The molecule has 1 atom stereocenters. The van der Waals surface area contributed by atoms with Crippen LogP contribution in [0.4, 0.5) is 0 Å². The molecule has 0 spiro atoms. The van der Waals surface area contributed by atoms with Gasteiger partial charge in [-0.15, -0.1) is 0 Å². The predicted octanol–water partition coefficient (Wildman–Crippen LogP) is 2.00. The zero-order valence-electron chi connectivity index (χ0n) is 18.7. The molecule has 180 valence electrons. The molecule has 1 saturated carbocycles. The lowest BCUT2D eigenvalue weighted by Crippen LogP contribution is -2.35. The van der Waals surface area contributed by atoms with Gasteiger partial charge < -0.3 is 10.6 Å². The fourth-order valence-electron chi connectivity index (χ4n) is 3.30. The number of nitrogens with one attached hydrogen (secondary N) is 2. The van der Waals surface area contributed by atoms with E-state index in [2.05, 4.69) is 31.8 Å². The summed E-state index contributed by atoms with van der Waals surface area (Å²) in [4.78, 5) is 33.6. The third kappa shape index (κ3) is 5.31. The molecular formula is C22H20ClN7O4S. The second-order valence-electron chi connectivity index (χ2n) is 8.23. The largest absolute Gasteiger partial charge is 0.342 e. The Bertz CT molecular complexity index is 1460. The fourth-order valence-corrected chi connectivity index (χ4v) is 4.28. The van der Waals surface area contributed by atoms with Crippen LogP contribution in [0.2, 0.25) is 5.02 Å². The SMILES string of the molecule is C[C@@H](NC(=O)c1cc(Cl)cc(S(C)(=O)=O)c1)c1ncnn1-c1ccc(C(=O)NC2(C#N)CC2)cn1. The molecule has 1 fully saturated rings. The van der Waals surface area contributed by atoms with Crippen molar-refractivity contribution in [2.45, 2.75) is 36.2 Å². The molecule has 0 bridgehead atoms. The number of nitrogens with zero attached hydrogens (tertiary/aromatic N) is 5. The number of nitriles is 1. The van der Waals surface area contributed by atoms with E-state index in [1.165, 1.54) is 35.4 Å². The summed E-state index contributed by atoms with van der Waals surface area (Å²) in [5.41, 5.74) is -0.413. The van der Waals surface area contributed by atoms with Crippen molar-refractivity contribution in [3.8, 4) is 11.9 Å². The molecule has 11 nitrogen and oxygen atoms in total. The number of pyridine rings is 1. The van der Waals surface area contributed by atoms with Gasteiger partial charge in [0.25, 0.3) is 11.8 Å². The van der Waals surface area contributed by atoms with Gasteiger partial charge in [0.15, 0.2) is 21.5 Å². The fraction of sp³-hybridized carbons (Fsp3) is 0.273. The molecule has 0 radical (unpaired) electrons. The van der Waals surface area contributed by atoms with Crippen molar-refractivity contribution in [2.24, 2.45) is 0 Å². The molecule has 0 saturated heterocycles. The summed E-state index contributed by atoms with van der Waals surface area (Å²) in [6.07, 6.45) is 4.94. The smallest absolute Gasteiger partial charge is 0.254 e. The van der Waals surface area contributed by atoms with E-state index in [0.717, 1.165) is 6.26 Å². The minimum Gasteiger partial charge on any atom is -0.342 e. The Balaban J connectivity index is 1.50. The third-order valence-corrected chi connectivity index (χ3v) is 6.72. The lowest BCUT2D eigenvalue weighted by Gasteiger charge is -2.15. The van der Waals surface area contributed by atoms with E-state index in [1.54, 1.807) is 19.1 Å². The highest BCUT2D eigenvalue weighted by Crippen LogP contribution is 2.34. The summed E-state index contributed by atoms with van der Waals surface area (Å²) in [6.45, 7) is 1.68. The van der Waals surface area contributed by atoms with Crippen LogP contribution in [-0.4, -0.2) is 51.8 Å².